The van der Waals surface area contributed by atoms with Crippen molar-refractivity contribution in [3.8, 4) is 0 Å². The van der Waals surface area contributed by atoms with Crippen molar-refractivity contribution in [3.05, 3.63) is 54.1 Å². The molecule has 0 aliphatic heterocycles. The standard InChI is InChI=1S/C12H11.3ClH.V/c1-10-7-8-12(9-10)11-5-3-2-4-6-11;;;;/h2-9H,1H3;3*1H;/q;;;;+3/p-3. The van der Waals surface area contributed by atoms with Gasteiger partial charge in [-0.1, -0.05) is 0 Å². The summed E-state index contributed by atoms with van der Waals surface area (Å²) in [5.41, 5.74) is 2.62. The molecule has 0 heterocycles. The van der Waals surface area contributed by atoms with Crippen LogP contribution in [0.4, 0.5) is 0 Å². The quantitative estimate of drug-likeness (QED) is 0.485. The van der Waals surface area contributed by atoms with Gasteiger partial charge in [-0.15, -0.1) is 0 Å². The van der Waals surface area contributed by atoms with E-state index < -0.39 is 0 Å². The molecule has 1 atom stereocenters. The van der Waals surface area contributed by atoms with E-state index in [0.29, 0.717) is 0 Å². The van der Waals surface area contributed by atoms with Crippen molar-refractivity contribution in [2.45, 2.75) is 11.1 Å². The Morgan fingerprint density at radius 3 is 2.00 bits per heavy atom. The predicted molar refractivity (Wildman–Crippen MR) is 51.9 cm³/mol. The molecule has 85 valence electrons. The first-order chi connectivity index (χ1) is 6.17. The molecule has 0 aromatic heterocycles. The molecule has 0 amide bonds. The zero-order valence-corrected chi connectivity index (χ0v) is 12.4. The van der Waals surface area contributed by atoms with E-state index in [9.17, 15) is 0 Å². The van der Waals surface area contributed by atoms with Crippen LogP contribution in [0.15, 0.2) is 48.6 Å². The number of halogens is 3. The van der Waals surface area contributed by atoms with Crippen LogP contribution in [0.2, 0.25) is 4.13 Å². The summed E-state index contributed by atoms with van der Waals surface area (Å²) < 4.78 is 0.165. The average Bonchev–Trinajstić information content (AvgIpc) is 2.48. The van der Waals surface area contributed by atoms with Gasteiger partial charge in [0.1, 0.15) is 0 Å². The fourth-order valence-electron chi connectivity index (χ4n) is 1.48. The van der Waals surface area contributed by atoms with Gasteiger partial charge < -0.3 is 37.2 Å². The Labute approximate surface area is 125 Å². The van der Waals surface area contributed by atoms with E-state index in [1.165, 1.54) is 11.1 Å². The van der Waals surface area contributed by atoms with Gasteiger partial charge in [-0.25, -0.2) is 0 Å². The number of hydrogen-bond donors (Lipinski definition) is 0. The van der Waals surface area contributed by atoms with E-state index in [2.05, 4.69) is 66.8 Å². The smallest absolute Gasteiger partial charge is 1.00 e. The molecular formula is C12H11Cl3V. The Balaban J connectivity index is 0. The normalized spacial score (nSPS) is 21.3. The molecule has 0 N–H and O–H groups in total. The maximum Gasteiger partial charge on any atom is -1.00 e. The topological polar surface area (TPSA) is 0 Å². The number of hydrogen-bond acceptors (Lipinski definition) is 0. The van der Waals surface area contributed by atoms with Crippen LogP contribution in [0.5, 0.6) is 0 Å². The zero-order chi connectivity index (χ0) is 9.31. The van der Waals surface area contributed by atoms with Gasteiger partial charge in [0.25, 0.3) is 0 Å². The van der Waals surface area contributed by atoms with Crippen molar-refractivity contribution < 1.29 is 54.6 Å². The maximum absolute atomic E-state index is 2.69. The van der Waals surface area contributed by atoms with Crippen LogP contribution in [0, 0.1) is 0 Å². The van der Waals surface area contributed by atoms with E-state index in [-0.39, 0.29) is 41.3 Å². The van der Waals surface area contributed by atoms with Gasteiger partial charge in [0.05, 0.1) is 0 Å². The first-order valence-corrected chi connectivity index (χ1v) is 5.07. The van der Waals surface area contributed by atoms with Crippen molar-refractivity contribution >= 4 is 5.57 Å². The van der Waals surface area contributed by atoms with Gasteiger partial charge >= 0.3 is 88.2 Å². The minimum Gasteiger partial charge on any atom is -1.00 e. The van der Waals surface area contributed by atoms with Crippen molar-refractivity contribution in [2.75, 3.05) is 0 Å². The van der Waals surface area contributed by atoms with Gasteiger partial charge in [0, 0.05) is 0 Å². The fourth-order valence-corrected chi connectivity index (χ4v) is 1.81. The second-order valence-electron chi connectivity index (χ2n) is 3.52. The van der Waals surface area contributed by atoms with Gasteiger partial charge in [0.2, 0.25) is 0 Å². The van der Waals surface area contributed by atoms with Crippen LogP contribution < -0.4 is 37.2 Å². The summed E-state index contributed by atoms with van der Waals surface area (Å²) in [6.45, 7) is 2.19. The summed E-state index contributed by atoms with van der Waals surface area (Å²) in [4.78, 5) is 0. The van der Waals surface area contributed by atoms with Gasteiger partial charge in [0.15, 0.2) is 0 Å². The molecule has 1 aliphatic carbocycles. The Morgan fingerprint density at radius 2 is 1.56 bits per heavy atom. The molecule has 0 fully saturated rings. The summed E-state index contributed by atoms with van der Waals surface area (Å²) in [5, 5.41) is 0. The second kappa shape index (κ2) is 7.47. The van der Waals surface area contributed by atoms with Crippen molar-refractivity contribution in [3.63, 3.8) is 0 Å². The van der Waals surface area contributed by atoms with E-state index in [0.717, 1.165) is 0 Å². The molecule has 0 nitrogen and oxygen atoms in total. The monoisotopic (exact) mass is 311 g/mol. The SMILES string of the molecule is C[C]1([V+3])C=CC(c2ccccc2)=C1.[Cl-].[Cl-].[Cl-]. The maximum atomic E-state index is 2.69. The van der Waals surface area contributed by atoms with Gasteiger partial charge in [-0.05, 0) is 0 Å². The molecule has 0 spiro atoms. The molecule has 1 aromatic rings. The Bertz CT molecular complexity index is 369. The fraction of sp³-hybridized carbons (Fsp3) is 0.167. The van der Waals surface area contributed by atoms with E-state index in [1.54, 1.807) is 0 Å². The van der Waals surface area contributed by atoms with E-state index in [1.807, 2.05) is 6.07 Å². The Morgan fingerprint density at radius 1 is 1.00 bits per heavy atom. The van der Waals surface area contributed by atoms with Crippen LogP contribution >= 0.6 is 0 Å². The Kier molecular flexibility index (Phi) is 8.65. The second-order valence-corrected chi connectivity index (χ2v) is 5.03. The van der Waals surface area contributed by atoms with Gasteiger partial charge in [-0.3, -0.25) is 0 Å². The predicted octanol–water partition coefficient (Wildman–Crippen LogP) is -5.62. The summed E-state index contributed by atoms with van der Waals surface area (Å²) in [5.74, 6) is 0. The summed E-state index contributed by atoms with van der Waals surface area (Å²) >= 11 is 2.69. The molecule has 0 bridgehead atoms. The first kappa shape index (κ1) is 18.5. The van der Waals surface area contributed by atoms with Crippen LogP contribution in [0.1, 0.15) is 12.5 Å². The molecule has 0 saturated heterocycles. The molecule has 2 rings (SSSR count). The Hall–Kier alpha value is 0.154. The largest absolute Gasteiger partial charge is 1.00 e. The van der Waals surface area contributed by atoms with Crippen molar-refractivity contribution in [2.24, 2.45) is 0 Å². The number of rotatable bonds is 1. The minimum absolute atomic E-state index is 0. The molecule has 16 heavy (non-hydrogen) atoms. The molecule has 1 unspecified atom stereocenters. The number of benzene rings is 1. The van der Waals surface area contributed by atoms with Gasteiger partial charge in [-0.2, -0.15) is 0 Å². The summed E-state index contributed by atoms with van der Waals surface area (Å²) in [6, 6.07) is 10.5. The van der Waals surface area contributed by atoms with Crippen LogP contribution in [0.25, 0.3) is 5.57 Å². The third-order valence-electron chi connectivity index (χ3n) is 2.16. The minimum atomic E-state index is 0. The first-order valence-electron chi connectivity index (χ1n) is 4.37. The van der Waals surface area contributed by atoms with E-state index in [4.69, 9.17) is 0 Å². The third kappa shape index (κ3) is 4.57. The number of allylic oxidation sites excluding steroid dienone is 4. The van der Waals surface area contributed by atoms with E-state index >= 15 is 0 Å². The average molecular weight is 313 g/mol. The molecular weight excluding hydrogens is 301 g/mol. The van der Waals surface area contributed by atoms with Crippen molar-refractivity contribution in [1.29, 1.82) is 0 Å². The summed E-state index contributed by atoms with van der Waals surface area (Å²) in [6.07, 6.45) is 6.69. The zero-order valence-electron chi connectivity index (χ0n) is 8.70. The van der Waals surface area contributed by atoms with Crippen LogP contribution in [0.3, 0.4) is 0 Å². The summed E-state index contributed by atoms with van der Waals surface area (Å²) in [7, 11) is 0. The third-order valence-corrected chi connectivity index (χ3v) is 2.59. The van der Waals surface area contributed by atoms with Crippen molar-refractivity contribution in [1.82, 2.24) is 0 Å². The molecule has 1 aliphatic rings. The van der Waals surface area contributed by atoms with Crippen LogP contribution in [-0.2, 0) is 17.4 Å². The molecule has 1 aromatic carbocycles. The molecule has 0 radical (unpaired) electrons. The van der Waals surface area contributed by atoms with Crippen LogP contribution in [-0.4, -0.2) is 0 Å². The molecule has 4 heteroatoms. The molecule has 0 saturated carbocycles.